The summed E-state index contributed by atoms with van der Waals surface area (Å²) in [5, 5.41) is 2.01. The fourth-order valence-electron chi connectivity index (χ4n) is 1.95. The Morgan fingerprint density at radius 1 is 1.42 bits per heavy atom. The van der Waals surface area contributed by atoms with E-state index in [0.717, 1.165) is 6.29 Å². The van der Waals surface area contributed by atoms with Crippen LogP contribution in [0.4, 0.5) is 4.79 Å². The van der Waals surface area contributed by atoms with Crippen LogP contribution in [0.25, 0.3) is 0 Å². The van der Waals surface area contributed by atoms with E-state index in [2.05, 4.69) is 5.32 Å². The topological polar surface area (TPSA) is 96.0 Å². The van der Waals surface area contributed by atoms with Crippen molar-refractivity contribution < 1.29 is 23.9 Å². The molecule has 0 saturated carbocycles. The summed E-state index contributed by atoms with van der Waals surface area (Å²) in [6.07, 6.45) is 0.101. The molecule has 2 atom stereocenters. The summed E-state index contributed by atoms with van der Waals surface area (Å²) in [4.78, 5) is 49.6. The Morgan fingerprint density at radius 3 is 2.58 bits per heavy atom. The summed E-state index contributed by atoms with van der Waals surface area (Å²) in [6.45, 7) is 7.02. The molecule has 0 spiro atoms. The number of carbonyl (C=O) groups is 4. The minimum Gasteiger partial charge on any atom is -0.444 e. The molecule has 1 fully saturated rings. The van der Waals surface area contributed by atoms with Crippen molar-refractivity contribution in [2.75, 3.05) is 25.9 Å². The van der Waals surface area contributed by atoms with Gasteiger partial charge in [-0.2, -0.15) is 0 Å². The molecule has 3 amide bonds. The number of amides is 3. The Hall–Kier alpha value is -1.77. The lowest BCUT2D eigenvalue weighted by Gasteiger charge is -2.28. The van der Waals surface area contributed by atoms with Gasteiger partial charge in [0, 0.05) is 19.3 Å². The largest absolute Gasteiger partial charge is 0.444 e. The van der Waals surface area contributed by atoms with Gasteiger partial charge in [0.1, 0.15) is 17.0 Å². The molecule has 1 heterocycles. The summed E-state index contributed by atoms with van der Waals surface area (Å²) in [5.74, 6) is -0.0928. The van der Waals surface area contributed by atoms with Crippen LogP contribution < -0.4 is 5.32 Å². The van der Waals surface area contributed by atoms with E-state index in [1.54, 1.807) is 27.7 Å². The summed E-state index contributed by atoms with van der Waals surface area (Å²) in [6, 6.07) is -0.789. The van der Waals surface area contributed by atoms with Crippen LogP contribution in [-0.4, -0.2) is 76.9 Å². The number of thioether (sulfide) groups is 1. The van der Waals surface area contributed by atoms with E-state index in [4.69, 9.17) is 4.74 Å². The zero-order valence-corrected chi connectivity index (χ0v) is 15.5. The third-order valence-corrected chi connectivity index (χ3v) is 4.55. The zero-order valence-electron chi connectivity index (χ0n) is 14.7. The molecule has 24 heavy (non-hydrogen) atoms. The van der Waals surface area contributed by atoms with Crippen LogP contribution >= 0.6 is 11.8 Å². The van der Waals surface area contributed by atoms with Crippen LogP contribution in [-0.2, 0) is 19.1 Å². The highest BCUT2D eigenvalue weighted by atomic mass is 32.2. The maximum atomic E-state index is 12.1. The van der Waals surface area contributed by atoms with E-state index in [-0.39, 0.29) is 12.5 Å². The first-order valence-electron chi connectivity index (χ1n) is 7.66. The van der Waals surface area contributed by atoms with Crippen molar-refractivity contribution in [3.63, 3.8) is 0 Å². The SMILES string of the molecule is CC(C(=O)NCC(=O)N1CCSC1C=O)N(C)C(=O)OC(C)(C)C. The lowest BCUT2D eigenvalue weighted by Crippen LogP contribution is -2.50. The highest BCUT2D eigenvalue weighted by molar-refractivity contribution is 8.00. The van der Waals surface area contributed by atoms with E-state index in [1.807, 2.05) is 0 Å². The van der Waals surface area contributed by atoms with E-state index < -0.39 is 29.0 Å². The smallest absolute Gasteiger partial charge is 0.410 e. The van der Waals surface area contributed by atoms with E-state index in [0.29, 0.717) is 12.3 Å². The second kappa shape index (κ2) is 8.36. The Bertz CT molecular complexity index is 506. The maximum Gasteiger partial charge on any atom is 0.410 e. The van der Waals surface area contributed by atoms with Crippen molar-refractivity contribution in [3.05, 3.63) is 0 Å². The molecule has 1 N–H and O–H groups in total. The lowest BCUT2D eigenvalue weighted by atomic mass is 10.2. The Morgan fingerprint density at radius 2 is 2.04 bits per heavy atom. The molecule has 2 unspecified atom stereocenters. The Balaban J connectivity index is 2.50. The van der Waals surface area contributed by atoms with Gasteiger partial charge in [0.05, 0.1) is 6.54 Å². The summed E-state index contributed by atoms with van der Waals surface area (Å²) < 4.78 is 5.20. The number of aldehydes is 1. The minimum absolute atomic E-state index is 0.212. The molecule has 0 aromatic heterocycles. The summed E-state index contributed by atoms with van der Waals surface area (Å²) >= 11 is 1.39. The third kappa shape index (κ3) is 5.70. The van der Waals surface area contributed by atoms with Gasteiger partial charge in [0.25, 0.3) is 0 Å². The predicted octanol–water partition coefficient (Wildman–Crippen LogP) is 0.458. The molecule has 0 aliphatic carbocycles. The fraction of sp³-hybridized carbons (Fsp3) is 0.733. The van der Waals surface area contributed by atoms with Gasteiger partial charge in [-0.15, -0.1) is 11.8 Å². The highest BCUT2D eigenvalue weighted by Crippen LogP contribution is 2.21. The van der Waals surface area contributed by atoms with Gasteiger partial charge in [-0.3, -0.25) is 14.5 Å². The molecule has 0 aromatic carbocycles. The molecule has 1 aliphatic rings. The molecule has 8 nitrogen and oxygen atoms in total. The molecule has 0 aromatic rings. The second-order valence-corrected chi connectivity index (χ2v) is 7.69. The summed E-state index contributed by atoms with van der Waals surface area (Å²) in [5.41, 5.74) is -0.658. The van der Waals surface area contributed by atoms with Crippen LogP contribution in [0, 0.1) is 0 Å². The van der Waals surface area contributed by atoms with E-state index in [1.165, 1.54) is 28.6 Å². The number of hydrogen-bond acceptors (Lipinski definition) is 6. The first-order valence-corrected chi connectivity index (χ1v) is 8.71. The number of carbonyl (C=O) groups excluding carboxylic acids is 4. The molecule has 1 aliphatic heterocycles. The monoisotopic (exact) mass is 359 g/mol. The quantitative estimate of drug-likeness (QED) is 0.717. The molecule has 9 heteroatoms. The van der Waals surface area contributed by atoms with Gasteiger partial charge in [-0.05, 0) is 27.7 Å². The first-order chi connectivity index (χ1) is 11.1. The van der Waals surface area contributed by atoms with Crippen LogP contribution in [0.15, 0.2) is 0 Å². The second-order valence-electron chi connectivity index (χ2n) is 6.47. The molecular formula is C15H25N3O5S. The number of likely N-dealkylation sites (N-methyl/N-ethyl adjacent to an activating group) is 1. The van der Waals surface area contributed by atoms with Crippen molar-refractivity contribution in [2.45, 2.75) is 44.7 Å². The summed E-state index contributed by atoms with van der Waals surface area (Å²) in [7, 11) is 1.46. The van der Waals surface area contributed by atoms with Crippen LogP contribution in [0.2, 0.25) is 0 Å². The van der Waals surface area contributed by atoms with Gasteiger partial charge < -0.3 is 19.7 Å². The number of nitrogens with one attached hydrogen (secondary N) is 1. The minimum atomic E-state index is -0.789. The van der Waals surface area contributed by atoms with Crippen LogP contribution in [0.1, 0.15) is 27.7 Å². The van der Waals surface area contributed by atoms with Crippen LogP contribution in [0.3, 0.4) is 0 Å². The van der Waals surface area contributed by atoms with E-state index in [9.17, 15) is 19.2 Å². The standard InChI is InChI=1S/C15H25N3O5S/c1-10(17(5)14(22)23-15(2,3)4)13(21)16-8-11(20)18-6-7-24-12(18)9-19/h9-10,12H,6-8H2,1-5H3,(H,16,21). The van der Waals surface area contributed by atoms with Gasteiger partial charge in [-0.1, -0.05) is 0 Å². The first kappa shape index (κ1) is 20.3. The van der Waals surface area contributed by atoms with Gasteiger partial charge in [-0.25, -0.2) is 4.79 Å². The molecular weight excluding hydrogens is 334 g/mol. The van der Waals surface area contributed by atoms with Gasteiger partial charge in [0.2, 0.25) is 11.8 Å². The van der Waals surface area contributed by atoms with Crippen molar-refractivity contribution >= 4 is 36.0 Å². The van der Waals surface area contributed by atoms with Gasteiger partial charge in [0.15, 0.2) is 6.29 Å². The number of rotatable bonds is 5. The normalized spacial score (nSPS) is 18.7. The van der Waals surface area contributed by atoms with Gasteiger partial charge >= 0.3 is 6.09 Å². The molecule has 1 rings (SSSR count). The van der Waals surface area contributed by atoms with Crippen molar-refractivity contribution in [3.8, 4) is 0 Å². The highest BCUT2D eigenvalue weighted by Gasteiger charge is 2.30. The third-order valence-electron chi connectivity index (χ3n) is 3.42. The van der Waals surface area contributed by atoms with Crippen molar-refractivity contribution in [1.82, 2.24) is 15.1 Å². The number of hydrogen-bond donors (Lipinski definition) is 1. The average Bonchev–Trinajstić information content (AvgIpc) is 2.97. The Kier molecular flexibility index (Phi) is 7.07. The van der Waals surface area contributed by atoms with Crippen molar-refractivity contribution in [2.24, 2.45) is 0 Å². The predicted molar refractivity (Wildman–Crippen MR) is 90.5 cm³/mol. The lowest BCUT2D eigenvalue weighted by molar-refractivity contribution is -0.135. The van der Waals surface area contributed by atoms with Crippen molar-refractivity contribution in [1.29, 1.82) is 0 Å². The average molecular weight is 359 g/mol. The Labute approximate surface area is 146 Å². The molecule has 1 saturated heterocycles. The fourth-order valence-corrected chi connectivity index (χ4v) is 2.97. The maximum absolute atomic E-state index is 12.1. The molecule has 136 valence electrons. The molecule has 0 bridgehead atoms. The number of ether oxygens (including phenoxy) is 1. The number of nitrogens with zero attached hydrogens (tertiary/aromatic N) is 2. The van der Waals surface area contributed by atoms with E-state index >= 15 is 0 Å². The van der Waals surface area contributed by atoms with Crippen LogP contribution in [0.5, 0.6) is 0 Å². The zero-order chi connectivity index (χ0) is 18.5. The molecule has 0 radical (unpaired) electrons.